The molecule has 192 valence electrons. The van der Waals surface area contributed by atoms with E-state index in [1.165, 1.54) is 54.3 Å². The Morgan fingerprint density at radius 2 is 1.94 bits per heavy atom. The van der Waals surface area contributed by atoms with Crippen molar-refractivity contribution in [1.29, 1.82) is 5.41 Å². The number of aliphatic hydroxyl groups excluding tert-OH is 1. The first kappa shape index (κ1) is 27.1. The molecule has 1 aliphatic heterocycles. The average molecular weight is 524 g/mol. The summed E-state index contributed by atoms with van der Waals surface area (Å²) in [6.07, 6.45) is -2.13. The summed E-state index contributed by atoms with van der Waals surface area (Å²) < 4.78 is 42.4. The van der Waals surface area contributed by atoms with Crippen LogP contribution in [0.1, 0.15) is 32.6 Å². The van der Waals surface area contributed by atoms with E-state index in [1.807, 2.05) is 0 Å². The molecule has 2 amide bonds. The number of amides is 2. The van der Waals surface area contributed by atoms with Gasteiger partial charge in [0.2, 0.25) is 11.8 Å². The Bertz CT molecular complexity index is 1180. The summed E-state index contributed by atoms with van der Waals surface area (Å²) in [5.41, 5.74) is 0.826. The van der Waals surface area contributed by atoms with Crippen molar-refractivity contribution < 1.29 is 32.6 Å². The number of carbonyl (C=O) groups is 2. The Hall–Kier alpha value is -3.53. The van der Waals surface area contributed by atoms with Crippen molar-refractivity contribution >= 4 is 34.8 Å². The van der Waals surface area contributed by atoms with E-state index in [0.717, 1.165) is 6.42 Å². The Labute approximate surface area is 211 Å². The summed E-state index contributed by atoms with van der Waals surface area (Å²) in [7, 11) is 0. The fourth-order valence-electron chi connectivity index (χ4n) is 4.00. The van der Waals surface area contributed by atoms with Gasteiger partial charge in [0.15, 0.2) is 0 Å². The number of hydrogen-bond acceptors (Lipinski definition) is 5. The van der Waals surface area contributed by atoms with Crippen LogP contribution in [0.4, 0.5) is 18.9 Å². The fraction of sp³-hybridized carbons (Fsp3) is 0.320. The van der Waals surface area contributed by atoms with Gasteiger partial charge in [-0.1, -0.05) is 35.9 Å². The van der Waals surface area contributed by atoms with E-state index in [1.54, 1.807) is 6.07 Å². The third-order valence-electron chi connectivity index (χ3n) is 5.48. The number of hydrogen-bond donors (Lipinski definition) is 3. The van der Waals surface area contributed by atoms with Crippen molar-refractivity contribution in [2.45, 2.75) is 45.0 Å². The molecule has 0 aromatic heterocycles. The van der Waals surface area contributed by atoms with Crippen molar-refractivity contribution in [1.82, 2.24) is 4.90 Å². The van der Waals surface area contributed by atoms with Crippen LogP contribution in [0.25, 0.3) is 11.1 Å². The molecule has 2 aromatic carbocycles. The lowest BCUT2D eigenvalue weighted by molar-refractivity contribution is -0.274. The standard InChI is InChI=1S/C25H25ClF3N3O4/c1-15(30)12-17(33)14-23(34)32-11-5-4-7-21(32)24(35)31-16-9-10-18(20(26)13-16)19-6-2-3-8-22(19)36-25(27,28)29/h2-3,6,8-10,12-13,21,30,33H,4-5,7,11,14H2,1H3,(H,31,35)/b17-12-,30-15?. The van der Waals surface area contributed by atoms with Crippen LogP contribution in [0.2, 0.25) is 5.02 Å². The van der Waals surface area contributed by atoms with Crippen molar-refractivity contribution in [2.75, 3.05) is 11.9 Å². The molecule has 1 saturated heterocycles. The van der Waals surface area contributed by atoms with E-state index in [0.29, 0.717) is 25.1 Å². The number of allylic oxidation sites excluding steroid dienone is 1. The summed E-state index contributed by atoms with van der Waals surface area (Å²) in [5, 5.41) is 20.1. The first-order valence-electron chi connectivity index (χ1n) is 11.1. The van der Waals surface area contributed by atoms with Gasteiger partial charge >= 0.3 is 6.36 Å². The number of likely N-dealkylation sites (tertiary alicyclic amines) is 1. The van der Waals surface area contributed by atoms with Crippen LogP contribution in [0.3, 0.4) is 0 Å². The van der Waals surface area contributed by atoms with Crippen molar-refractivity contribution in [2.24, 2.45) is 0 Å². The zero-order chi connectivity index (χ0) is 26.5. The fourth-order valence-corrected chi connectivity index (χ4v) is 4.28. The molecule has 1 atom stereocenters. The van der Waals surface area contributed by atoms with Crippen molar-refractivity contribution in [3.05, 3.63) is 59.3 Å². The number of para-hydroxylation sites is 1. The molecule has 7 nitrogen and oxygen atoms in total. The minimum absolute atomic E-state index is 0.0969. The second-order valence-electron chi connectivity index (χ2n) is 8.32. The van der Waals surface area contributed by atoms with E-state index in [2.05, 4.69) is 10.1 Å². The molecule has 0 radical (unpaired) electrons. The molecular weight excluding hydrogens is 499 g/mol. The number of ether oxygens (including phenoxy) is 1. The number of anilines is 1. The second kappa shape index (κ2) is 11.5. The van der Waals surface area contributed by atoms with Crippen LogP contribution in [0.5, 0.6) is 5.75 Å². The molecule has 0 saturated carbocycles. The van der Waals surface area contributed by atoms with E-state index in [9.17, 15) is 27.9 Å². The molecule has 0 aliphatic carbocycles. The Kier molecular flexibility index (Phi) is 8.62. The summed E-state index contributed by atoms with van der Waals surface area (Å²) in [4.78, 5) is 27.1. The maximum absolute atomic E-state index is 13.0. The minimum atomic E-state index is -4.87. The van der Waals surface area contributed by atoms with Crippen LogP contribution in [-0.4, -0.2) is 46.5 Å². The Morgan fingerprint density at radius 3 is 2.61 bits per heavy atom. The average Bonchev–Trinajstić information content (AvgIpc) is 2.78. The van der Waals surface area contributed by atoms with Gasteiger partial charge in [-0.15, -0.1) is 13.2 Å². The van der Waals surface area contributed by atoms with Gasteiger partial charge < -0.3 is 25.5 Å². The van der Waals surface area contributed by atoms with Gasteiger partial charge in [0, 0.05) is 29.1 Å². The third-order valence-corrected chi connectivity index (χ3v) is 5.79. The van der Waals surface area contributed by atoms with Crippen molar-refractivity contribution in [3.63, 3.8) is 0 Å². The van der Waals surface area contributed by atoms with Gasteiger partial charge in [0.25, 0.3) is 0 Å². The van der Waals surface area contributed by atoms with E-state index in [4.69, 9.17) is 17.0 Å². The minimum Gasteiger partial charge on any atom is -0.512 e. The topological polar surface area (TPSA) is 103 Å². The Balaban J connectivity index is 1.76. The number of carbonyl (C=O) groups excluding carboxylic acids is 2. The highest BCUT2D eigenvalue weighted by Crippen LogP contribution is 2.38. The van der Waals surface area contributed by atoms with Gasteiger partial charge in [-0.25, -0.2) is 0 Å². The van der Waals surface area contributed by atoms with Crippen LogP contribution in [0, 0.1) is 5.41 Å². The lowest BCUT2D eigenvalue weighted by Gasteiger charge is -2.34. The molecule has 0 spiro atoms. The van der Waals surface area contributed by atoms with Crippen molar-refractivity contribution in [3.8, 4) is 16.9 Å². The van der Waals surface area contributed by atoms with Gasteiger partial charge in [0.1, 0.15) is 17.6 Å². The molecular formula is C25H25ClF3N3O4. The summed E-state index contributed by atoms with van der Waals surface area (Å²) >= 11 is 6.35. The maximum atomic E-state index is 13.0. The number of aliphatic hydroxyl groups is 1. The van der Waals surface area contributed by atoms with Crippen LogP contribution < -0.4 is 10.1 Å². The molecule has 0 bridgehead atoms. The number of piperidine rings is 1. The predicted octanol–water partition coefficient (Wildman–Crippen LogP) is 6.10. The SMILES string of the molecule is CC(=N)/C=C(\O)CC(=O)N1CCCCC1C(=O)Nc1ccc(-c2ccccc2OC(F)(F)F)c(Cl)c1. The number of alkyl halides is 3. The number of halogens is 4. The van der Waals surface area contributed by atoms with Gasteiger partial charge in [-0.3, -0.25) is 9.59 Å². The third kappa shape index (κ3) is 7.24. The first-order valence-corrected chi connectivity index (χ1v) is 11.5. The maximum Gasteiger partial charge on any atom is 0.573 e. The quantitative estimate of drug-likeness (QED) is 0.301. The predicted molar refractivity (Wildman–Crippen MR) is 130 cm³/mol. The molecule has 11 heteroatoms. The first-order chi connectivity index (χ1) is 16.9. The summed E-state index contributed by atoms with van der Waals surface area (Å²) in [6.45, 7) is 1.82. The van der Waals surface area contributed by atoms with Crippen LogP contribution in [0.15, 0.2) is 54.3 Å². The second-order valence-corrected chi connectivity index (χ2v) is 8.73. The van der Waals surface area contributed by atoms with Crippen LogP contribution in [-0.2, 0) is 9.59 Å². The summed E-state index contributed by atoms with van der Waals surface area (Å²) in [6, 6.07) is 9.20. The summed E-state index contributed by atoms with van der Waals surface area (Å²) in [5.74, 6) is -1.54. The molecule has 1 unspecified atom stereocenters. The monoisotopic (exact) mass is 523 g/mol. The highest BCUT2D eigenvalue weighted by Gasteiger charge is 2.33. The van der Waals surface area contributed by atoms with Gasteiger partial charge in [0.05, 0.1) is 11.4 Å². The molecule has 3 rings (SSSR count). The molecule has 2 aromatic rings. The van der Waals surface area contributed by atoms with Gasteiger partial charge in [-0.2, -0.15) is 0 Å². The van der Waals surface area contributed by atoms with E-state index < -0.39 is 30.0 Å². The zero-order valence-corrected chi connectivity index (χ0v) is 20.1. The van der Waals surface area contributed by atoms with Crippen LogP contribution >= 0.6 is 11.6 Å². The zero-order valence-electron chi connectivity index (χ0n) is 19.4. The van der Waals surface area contributed by atoms with E-state index >= 15 is 0 Å². The Morgan fingerprint density at radius 1 is 1.22 bits per heavy atom. The molecule has 3 N–H and O–H groups in total. The molecule has 1 heterocycles. The van der Waals surface area contributed by atoms with E-state index in [-0.39, 0.29) is 34.0 Å². The van der Waals surface area contributed by atoms with Gasteiger partial charge in [-0.05, 0) is 50.5 Å². The number of nitrogens with zero attached hydrogens (tertiary/aromatic N) is 1. The molecule has 1 aliphatic rings. The molecule has 36 heavy (non-hydrogen) atoms. The number of benzene rings is 2. The number of rotatable bonds is 7. The lowest BCUT2D eigenvalue weighted by Crippen LogP contribution is -2.50. The normalized spacial score (nSPS) is 16.4. The largest absolute Gasteiger partial charge is 0.573 e. The number of nitrogens with one attached hydrogen (secondary N) is 2. The highest BCUT2D eigenvalue weighted by molar-refractivity contribution is 6.33. The molecule has 1 fully saturated rings. The smallest absolute Gasteiger partial charge is 0.512 e. The lowest BCUT2D eigenvalue weighted by atomic mass is 10.00. The highest BCUT2D eigenvalue weighted by atomic mass is 35.5.